The van der Waals surface area contributed by atoms with Gasteiger partial charge in [0.15, 0.2) is 5.17 Å². The first-order chi connectivity index (χ1) is 11.8. The Morgan fingerprint density at radius 3 is 2.56 bits per heavy atom. The second-order valence-electron chi connectivity index (χ2n) is 4.80. The third-order valence-corrected chi connectivity index (χ3v) is 3.73. The van der Waals surface area contributed by atoms with Crippen molar-refractivity contribution in [2.75, 3.05) is 5.73 Å². The van der Waals surface area contributed by atoms with Crippen LogP contribution in [0.15, 0.2) is 58.7 Å². The van der Waals surface area contributed by atoms with Gasteiger partial charge >= 0.3 is 6.36 Å². The van der Waals surface area contributed by atoms with Gasteiger partial charge in [-0.3, -0.25) is 0 Å². The summed E-state index contributed by atoms with van der Waals surface area (Å²) in [6, 6.07) is 13.2. The van der Waals surface area contributed by atoms with Crippen LogP contribution >= 0.6 is 11.8 Å². The summed E-state index contributed by atoms with van der Waals surface area (Å²) in [4.78, 5) is 0. The third kappa shape index (κ3) is 6.76. The van der Waals surface area contributed by atoms with Gasteiger partial charge in [-0.25, -0.2) is 0 Å². The Kier molecular flexibility index (Phi) is 6.29. The number of nitrogens with zero attached hydrogens (tertiary/aromatic N) is 2. The summed E-state index contributed by atoms with van der Waals surface area (Å²) < 4.78 is 40.5. The number of anilines is 1. The second kappa shape index (κ2) is 8.43. The largest absolute Gasteiger partial charge is 0.573 e. The maximum Gasteiger partial charge on any atom is 0.573 e. The van der Waals surface area contributed by atoms with Gasteiger partial charge in [0, 0.05) is 17.0 Å². The van der Waals surface area contributed by atoms with E-state index in [-0.39, 0.29) is 16.4 Å². The van der Waals surface area contributed by atoms with E-state index in [1.807, 2.05) is 30.3 Å². The molecule has 132 valence electrons. The molecule has 0 spiro atoms. The number of nitrogens with two attached hydrogens (primary N) is 2. The molecule has 5 nitrogen and oxygen atoms in total. The molecule has 2 aromatic rings. The predicted octanol–water partition coefficient (Wildman–Crippen LogP) is 3.75. The lowest BCUT2D eigenvalue weighted by Crippen LogP contribution is -2.17. The zero-order chi connectivity index (χ0) is 18.3. The number of benzene rings is 2. The highest BCUT2D eigenvalue weighted by atomic mass is 32.2. The molecule has 0 fully saturated rings. The predicted molar refractivity (Wildman–Crippen MR) is 94.5 cm³/mol. The number of halogens is 3. The van der Waals surface area contributed by atoms with E-state index < -0.39 is 12.1 Å². The van der Waals surface area contributed by atoms with Gasteiger partial charge in [-0.15, -0.1) is 18.3 Å². The highest BCUT2D eigenvalue weighted by Gasteiger charge is 2.31. The van der Waals surface area contributed by atoms with Crippen molar-refractivity contribution in [2.45, 2.75) is 12.1 Å². The van der Waals surface area contributed by atoms with E-state index in [2.05, 4.69) is 14.9 Å². The summed E-state index contributed by atoms with van der Waals surface area (Å²) >= 11 is 1.29. The molecule has 0 aliphatic rings. The summed E-state index contributed by atoms with van der Waals surface area (Å²) in [5, 5.41) is 7.76. The molecule has 25 heavy (non-hydrogen) atoms. The van der Waals surface area contributed by atoms with Gasteiger partial charge in [0.2, 0.25) is 0 Å². The van der Waals surface area contributed by atoms with Crippen molar-refractivity contribution in [1.82, 2.24) is 0 Å². The van der Waals surface area contributed by atoms with E-state index in [9.17, 15) is 13.2 Å². The number of nitrogen functional groups attached to an aromatic ring is 1. The number of hydrogen-bond acceptors (Lipinski definition) is 5. The summed E-state index contributed by atoms with van der Waals surface area (Å²) in [6.07, 6.45) is -3.56. The van der Waals surface area contributed by atoms with Crippen LogP contribution in [-0.4, -0.2) is 17.7 Å². The Morgan fingerprint density at radius 2 is 1.88 bits per heavy atom. The smallest absolute Gasteiger partial charge is 0.406 e. The molecule has 0 heterocycles. The van der Waals surface area contributed by atoms with Crippen molar-refractivity contribution in [3.8, 4) is 5.75 Å². The van der Waals surface area contributed by atoms with Crippen molar-refractivity contribution >= 4 is 28.8 Å². The van der Waals surface area contributed by atoms with E-state index in [1.54, 1.807) is 0 Å². The molecule has 0 bridgehead atoms. The summed E-state index contributed by atoms with van der Waals surface area (Å²) in [7, 11) is 0. The maximum atomic E-state index is 12.2. The van der Waals surface area contributed by atoms with E-state index in [0.29, 0.717) is 5.75 Å². The molecule has 2 aromatic carbocycles. The van der Waals surface area contributed by atoms with Crippen molar-refractivity contribution in [3.63, 3.8) is 0 Å². The summed E-state index contributed by atoms with van der Waals surface area (Å²) in [6.45, 7) is 0. The number of rotatable bonds is 5. The molecule has 4 N–H and O–H groups in total. The molecule has 0 aliphatic heterocycles. The van der Waals surface area contributed by atoms with E-state index >= 15 is 0 Å². The first kappa shape index (κ1) is 18.7. The normalized spacial score (nSPS) is 12.5. The van der Waals surface area contributed by atoms with Crippen LogP contribution in [0.2, 0.25) is 0 Å². The molecule has 0 atom stereocenters. The highest BCUT2D eigenvalue weighted by Crippen LogP contribution is 2.25. The minimum atomic E-state index is -4.78. The van der Waals surface area contributed by atoms with Crippen LogP contribution in [0.25, 0.3) is 0 Å². The average molecular weight is 368 g/mol. The van der Waals surface area contributed by atoms with Gasteiger partial charge in [-0.2, -0.15) is 5.10 Å². The SMILES string of the molecule is NC(=NN=Cc1cc(OC(F)(F)F)ccc1N)SCc1ccccc1. The Bertz CT molecular complexity index is 764. The monoisotopic (exact) mass is 368 g/mol. The number of amidine groups is 1. The zero-order valence-corrected chi connectivity index (χ0v) is 13.7. The molecule has 2 rings (SSSR count). The van der Waals surface area contributed by atoms with Gasteiger partial charge in [0.05, 0.1) is 6.21 Å². The lowest BCUT2D eigenvalue weighted by Gasteiger charge is -2.09. The van der Waals surface area contributed by atoms with Crippen LogP contribution < -0.4 is 16.2 Å². The lowest BCUT2D eigenvalue weighted by atomic mass is 10.2. The molecule has 9 heteroatoms. The third-order valence-electron chi connectivity index (χ3n) is 2.87. The number of thioether (sulfide) groups is 1. The minimum absolute atomic E-state index is 0.223. The van der Waals surface area contributed by atoms with Crippen molar-refractivity contribution in [3.05, 3.63) is 59.7 Å². The van der Waals surface area contributed by atoms with Crippen LogP contribution in [0.4, 0.5) is 18.9 Å². The molecule has 0 aliphatic carbocycles. The maximum absolute atomic E-state index is 12.2. The first-order valence-electron chi connectivity index (χ1n) is 7.02. The molecule has 0 amide bonds. The standard InChI is InChI=1S/C16H15F3N4OS/c17-16(18,19)24-13-6-7-14(20)12(8-13)9-22-23-15(21)25-10-11-4-2-1-3-5-11/h1-9H,10,20H2,(H2,21,23). The summed E-state index contributed by atoms with van der Waals surface area (Å²) in [5.41, 5.74) is 13.0. The average Bonchev–Trinajstić information content (AvgIpc) is 2.55. The second-order valence-corrected chi connectivity index (χ2v) is 5.79. The van der Waals surface area contributed by atoms with Gasteiger partial charge < -0.3 is 16.2 Å². The topological polar surface area (TPSA) is 86.0 Å². The lowest BCUT2D eigenvalue weighted by molar-refractivity contribution is -0.274. The van der Waals surface area contributed by atoms with E-state index in [4.69, 9.17) is 11.5 Å². The zero-order valence-electron chi connectivity index (χ0n) is 12.9. The quantitative estimate of drug-likeness (QED) is 0.364. The van der Waals surface area contributed by atoms with Gasteiger partial charge in [-0.1, -0.05) is 42.1 Å². The molecule has 0 unspecified atom stereocenters. The van der Waals surface area contributed by atoms with E-state index in [0.717, 1.165) is 17.7 Å². The molecule has 0 saturated heterocycles. The van der Waals surface area contributed by atoms with Crippen LogP contribution in [0, 0.1) is 0 Å². The van der Waals surface area contributed by atoms with Crippen molar-refractivity contribution in [2.24, 2.45) is 15.9 Å². The number of ether oxygens (including phenoxy) is 1. The Balaban J connectivity index is 1.99. The molecular formula is C16H15F3N4OS. The van der Waals surface area contributed by atoms with E-state index in [1.165, 1.54) is 24.0 Å². The summed E-state index contributed by atoms with van der Waals surface area (Å²) in [5.74, 6) is 0.237. The van der Waals surface area contributed by atoms with Crippen molar-refractivity contribution in [1.29, 1.82) is 0 Å². The molecular weight excluding hydrogens is 353 g/mol. The van der Waals surface area contributed by atoms with Crippen LogP contribution in [0.3, 0.4) is 0 Å². The Morgan fingerprint density at radius 1 is 1.16 bits per heavy atom. The number of alkyl halides is 3. The molecule has 0 radical (unpaired) electrons. The first-order valence-corrected chi connectivity index (χ1v) is 8.00. The highest BCUT2D eigenvalue weighted by molar-refractivity contribution is 8.13. The van der Waals surface area contributed by atoms with Gasteiger partial charge in [0.25, 0.3) is 0 Å². The minimum Gasteiger partial charge on any atom is -0.406 e. The Labute approximate surface area is 146 Å². The van der Waals surface area contributed by atoms with Gasteiger partial charge in [-0.05, 0) is 23.8 Å². The fourth-order valence-corrected chi connectivity index (χ4v) is 2.38. The Hall–Kier alpha value is -2.68. The molecule has 0 aromatic heterocycles. The van der Waals surface area contributed by atoms with Crippen molar-refractivity contribution < 1.29 is 17.9 Å². The van der Waals surface area contributed by atoms with Crippen LogP contribution in [0.5, 0.6) is 5.75 Å². The fourth-order valence-electron chi connectivity index (χ4n) is 1.77. The molecule has 0 saturated carbocycles. The van der Waals surface area contributed by atoms with Crippen LogP contribution in [0.1, 0.15) is 11.1 Å². The number of hydrogen-bond donors (Lipinski definition) is 2. The van der Waals surface area contributed by atoms with Gasteiger partial charge in [0.1, 0.15) is 5.75 Å². The van der Waals surface area contributed by atoms with Crippen LogP contribution in [-0.2, 0) is 5.75 Å². The fraction of sp³-hybridized carbons (Fsp3) is 0.125.